The number of nitrogens with one attached hydrogen (secondary N) is 2. The van der Waals surface area contributed by atoms with Crippen LogP contribution in [0.3, 0.4) is 0 Å². The number of aromatic nitrogens is 2. The largest absolute Gasteiger partial charge is 0.494 e. The molecule has 1 aliphatic heterocycles. The molecule has 0 spiro atoms. The molecule has 0 aliphatic carbocycles. The van der Waals surface area contributed by atoms with Gasteiger partial charge in [-0.2, -0.15) is 0 Å². The van der Waals surface area contributed by atoms with Crippen molar-refractivity contribution in [1.29, 1.82) is 0 Å². The molecule has 0 atom stereocenters. The van der Waals surface area contributed by atoms with Gasteiger partial charge in [0.2, 0.25) is 0 Å². The third kappa shape index (κ3) is 4.10. The molecule has 0 unspecified atom stereocenters. The lowest BCUT2D eigenvalue weighted by molar-refractivity contribution is 0.0931. The Labute approximate surface area is 177 Å². The molecule has 3 aromatic rings. The molecule has 2 amide bonds. The number of imidazole rings is 1. The number of H-pyrrole nitrogens is 1. The van der Waals surface area contributed by atoms with Crippen molar-refractivity contribution in [3.63, 3.8) is 0 Å². The third-order valence-corrected chi connectivity index (χ3v) is 6.06. The van der Waals surface area contributed by atoms with E-state index in [-0.39, 0.29) is 5.91 Å². The van der Waals surface area contributed by atoms with Gasteiger partial charge < -0.3 is 25.0 Å². The van der Waals surface area contributed by atoms with Gasteiger partial charge in [0.15, 0.2) is 0 Å². The first kappa shape index (κ1) is 20.2. The first-order valence-electron chi connectivity index (χ1n) is 9.66. The van der Waals surface area contributed by atoms with E-state index in [0.717, 1.165) is 4.88 Å². The minimum absolute atomic E-state index is 0.198. The van der Waals surface area contributed by atoms with Gasteiger partial charge in [0, 0.05) is 39.3 Å². The van der Waals surface area contributed by atoms with E-state index in [2.05, 4.69) is 20.2 Å². The number of ether oxygens (including phenoxy) is 1. The standard InChI is InChI=1S/C20H23N5O4S/c1-29-14-5-4-13(16-17(14)23-18(22-16)15-3-2-12-30-15)19(26)21-6-7-24-8-10-25(11-9-24)20(27)28/h2-5,12H,6-11H2,1H3,(H,21,26)(H,22,23)(H,27,28). The Hall–Kier alpha value is -3.11. The van der Waals surface area contributed by atoms with Crippen molar-refractivity contribution >= 4 is 34.4 Å². The summed E-state index contributed by atoms with van der Waals surface area (Å²) in [6.07, 6.45) is -0.882. The summed E-state index contributed by atoms with van der Waals surface area (Å²) in [5.41, 5.74) is 1.75. The maximum absolute atomic E-state index is 12.8. The van der Waals surface area contributed by atoms with Crippen LogP contribution in [-0.2, 0) is 0 Å². The van der Waals surface area contributed by atoms with Gasteiger partial charge in [-0.3, -0.25) is 9.69 Å². The van der Waals surface area contributed by atoms with Crippen LogP contribution in [0.5, 0.6) is 5.75 Å². The molecule has 1 saturated heterocycles. The summed E-state index contributed by atoms with van der Waals surface area (Å²) in [7, 11) is 1.59. The lowest BCUT2D eigenvalue weighted by Crippen LogP contribution is -2.49. The van der Waals surface area contributed by atoms with Gasteiger partial charge in [-0.1, -0.05) is 6.07 Å². The van der Waals surface area contributed by atoms with Crippen molar-refractivity contribution in [3.05, 3.63) is 35.2 Å². The van der Waals surface area contributed by atoms with Crippen LogP contribution in [-0.4, -0.2) is 83.3 Å². The fourth-order valence-corrected chi connectivity index (χ4v) is 4.21. The summed E-state index contributed by atoms with van der Waals surface area (Å²) in [4.78, 5) is 36.3. The van der Waals surface area contributed by atoms with E-state index in [1.807, 2.05) is 17.5 Å². The molecule has 10 heteroatoms. The van der Waals surface area contributed by atoms with Gasteiger partial charge >= 0.3 is 6.09 Å². The van der Waals surface area contributed by atoms with E-state index >= 15 is 0 Å². The summed E-state index contributed by atoms with van der Waals surface area (Å²) in [6.45, 7) is 3.44. The van der Waals surface area contributed by atoms with Crippen molar-refractivity contribution in [3.8, 4) is 16.5 Å². The molecular formula is C20H23N5O4S. The maximum atomic E-state index is 12.8. The number of benzene rings is 1. The van der Waals surface area contributed by atoms with Gasteiger partial charge in [0.25, 0.3) is 5.91 Å². The zero-order chi connectivity index (χ0) is 21.1. The normalized spacial score (nSPS) is 14.8. The Morgan fingerprint density at radius 3 is 2.73 bits per heavy atom. The maximum Gasteiger partial charge on any atom is 0.407 e. The lowest BCUT2D eigenvalue weighted by Gasteiger charge is -2.32. The highest BCUT2D eigenvalue weighted by atomic mass is 32.1. The van der Waals surface area contributed by atoms with Gasteiger partial charge in [-0.15, -0.1) is 11.3 Å². The number of carboxylic acid groups (broad SMARTS) is 1. The Balaban J connectivity index is 1.44. The molecular weight excluding hydrogens is 406 g/mol. The summed E-state index contributed by atoms with van der Waals surface area (Å²) in [5, 5.41) is 13.9. The fourth-order valence-electron chi connectivity index (χ4n) is 3.54. The van der Waals surface area contributed by atoms with E-state index < -0.39 is 6.09 Å². The van der Waals surface area contributed by atoms with Gasteiger partial charge in [-0.25, -0.2) is 9.78 Å². The molecule has 2 aromatic heterocycles. The average molecular weight is 430 g/mol. The number of carbonyl (C=O) groups excluding carboxylic acids is 1. The van der Waals surface area contributed by atoms with Crippen LogP contribution in [0.4, 0.5) is 4.79 Å². The van der Waals surface area contributed by atoms with E-state index in [0.29, 0.717) is 67.4 Å². The first-order chi connectivity index (χ1) is 14.6. The minimum atomic E-state index is -0.882. The number of piperazine rings is 1. The van der Waals surface area contributed by atoms with Crippen LogP contribution in [0.15, 0.2) is 29.6 Å². The number of fused-ring (bicyclic) bond motifs is 1. The molecule has 3 N–H and O–H groups in total. The molecule has 3 heterocycles. The molecule has 4 rings (SSSR count). The Bertz CT molecular complexity index is 1040. The Morgan fingerprint density at radius 1 is 1.27 bits per heavy atom. The van der Waals surface area contributed by atoms with Gasteiger partial charge in [0.05, 0.1) is 17.6 Å². The van der Waals surface area contributed by atoms with Crippen molar-refractivity contribution in [1.82, 2.24) is 25.1 Å². The van der Waals surface area contributed by atoms with Crippen molar-refractivity contribution in [2.45, 2.75) is 0 Å². The molecule has 1 aromatic carbocycles. The second kappa shape index (κ2) is 8.72. The highest BCUT2D eigenvalue weighted by molar-refractivity contribution is 7.13. The van der Waals surface area contributed by atoms with Crippen molar-refractivity contribution in [2.75, 3.05) is 46.4 Å². The highest BCUT2D eigenvalue weighted by Gasteiger charge is 2.21. The zero-order valence-electron chi connectivity index (χ0n) is 16.6. The molecule has 1 aliphatic rings. The van der Waals surface area contributed by atoms with E-state index in [1.54, 1.807) is 30.6 Å². The van der Waals surface area contributed by atoms with Crippen LogP contribution < -0.4 is 10.1 Å². The van der Waals surface area contributed by atoms with Crippen LogP contribution in [0.1, 0.15) is 10.4 Å². The second-order valence-corrected chi connectivity index (χ2v) is 7.92. The van der Waals surface area contributed by atoms with Crippen LogP contribution >= 0.6 is 11.3 Å². The molecule has 158 valence electrons. The number of nitrogens with zero attached hydrogens (tertiary/aromatic N) is 3. The molecule has 0 bridgehead atoms. The van der Waals surface area contributed by atoms with Crippen molar-refractivity contribution in [2.24, 2.45) is 0 Å². The van der Waals surface area contributed by atoms with Gasteiger partial charge in [-0.05, 0) is 23.6 Å². The zero-order valence-corrected chi connectivity index (χ0v) is 17.4. The molecule has 9 nitrogen and oxygen atoms in total. The third-order valence-electron chi connectivity index (χ3n) is 5.18. The number of rotatable bonds is 6. The number of amides is 2. The second-order valence-electron chi connectivity index (χ2n) is 6.97. The van der Waals surface area contributed by atoms with E-state index in [4.69, 9.17) is 9.84 Å². The summed E-state index contributed by atoms with van der Waals surface area (Å²) >= 11 is 1.57. The summed E-state index contributed by atoms with van der Waals surface area (Å²) in [6, 6.07) is 7.41. The number of hydrogen-bond donors (Lipinski definition) is 3. The Kier molecular flexibility index (Phi) is 5.86. The molecule has 0 radical (unpaired) electrons. The van der Waals surface area contributed by atoms with Crippen LogP contribution in [0, 0.1) is 0 Å². The molecule has 1 fully saturated rings. The topological polar surface area (TPSA) is 111 Å². The number of aromatic amines is 1. The smallest absolute Gasteiger partial charge is 0.407 e. The quantitative estimate of drug-likeness (QED) is 0.555. The first-order valence-corrected chi connectivity index (χ1v) is 10.5. The predicted octanol–water partition coefficient (Wildman–Crippen LogP) is 2.33. The van der Waals surface area contributed by atoms with Crippen LogP contribution in [0.25, 0.3) is 21.7 Å². The number of hydrogen-bond acceptors (Lipinski definition) is 6. The fraction of sp³-hybridized carbons (Fsp3) is 0.350. The predicted molar refractivity (Wildman–Crippen MR) is 114 cm³/mol. The molecule has 30 heavy (non-hydrogen) atoms. The summed E-state index contributed by atoms with van der Waals surface area (Å²) in [5.74, 6) is 1.14. The highest BCUT2D eigenvalue weighted by Crippen LogP contribution is 2.31. The lowest BCUT2D eigenvalue weighted by atomic mass is 10.1. The number of thiophene rings is 1. The van der Waals surface area contributed by atoms with Crippen molar-refractivity contribution < 1.29 is 19.4 Å². The average Bonchev–Trinajstić information content (AvgIpc) is 3.43. The number of methoxy groups -OCH3 is 1. The number of carbonyl (C=O) groups is 2. The summed E-state index contributed by atoms with van der Waals surface area (Å²) < 4.78 is 5.43. The van der Waals surface area contributed by atoms with Gasteiger partial charge in [0.1, 0.15) is 22.6 Å². The molecule has 0 saturated carbocycles. The SMILES string of the molecule is COc1ccc(C(=O)NCCN2CCN(C(=O)O)CC2)c2nc(-c3cccs3)[nH]c12. The van der Waals surface area contributed by atoms with E-state index in [9.17, 15) is 9.59 Å². The Morgan fingerprint density at radius 2 is 2.07 bits per heavy atom. The van der Waals surface area contributed by atoms with E-state index in [1.165, 1.54) is 4.90 Å². The minimum Gasteiger partial charge on any atom is -0.494 e. The van der Waals surface area contributed by atoms with Crippen LogP contribution in [0.2, 0.25) is 0 Å². The monoisotopic (exact) mass is 429 g/mol.